The number of aromatic amines is 1. The van der Waals surface area contributed by atoms with Crippen LogP contribution in [0.25, 0.3) is 10.2 Å². The first-order valence-electron chi connectivity index (χ1n) is 3.42. The predicted molar refractivity (Wildman–Crippen MR) is 49.4 cm³/mol. The first kappa shape index (κ1) is 7.30. The van der Waals surface area contributed by atoms with E-state index in [2.05, 4.69) is 9.97 Å². The van der Waals surface area contributed by atoms with Crippen LogP contribution in [0, 0.1) is 6.92 Å². The van der Waals surface area contributed by atoms with Gasteiger partial charge in [0.05, 0.1) is 5.39 Å². The standard InChI is InChI=1S/C7H7N3OS/c1-3-2-12-6-4(3)5(11)9-7(8)10-6/h2H,1H3,(H3,8,9,10,11). The molecular formula is C7H7N3OS. The second-order valence-electron chi connectivity index (χ2n) is 2.55. The highest BCUT2D eigenvalue weighted by molar-refractivity contribution is 7.16. The van der Waals surface area contributed by atoms with E-state index in [4.69, 9.17) is 5.73 Å². The molecule has 12 heavy (non-hydrogen) atoms. The summed E-state index contributed by atoms with van der Waals surface area (Å²) in [5.41, 5.74) is 6.07. The quantitative estimate of drug-likeness (QED) is 0.633. The summed E-state index contributed by atoms with van der Waals surface area (Å²) in [5.74, 6) is 0.175. The Balaban J connectivity index is 3.03. The number of aromatic nitrogens is 2. The number of anilines is 1. The number of rotatable bonds is 0. The minimum atomic E-state index is -0.250. The molecule has 0 unspecified atom stereocenters. The lowest BCUT2D eigenvalue weighted by Gasteiger charge is -1.92. The first-order valence-corrected chi connectivity index (χ1v) is 4.30. The van der Waals surface area contributed by atoms with Gasteiger partial charge in [0.1, 0.15) is 4.83 Å². The maximum atomic E-state index is 11.3. The highest BCUT2D eigenvalue weighted by atomic mass is 32.1. The molecule has 2 aromatic heterocycles. The summed E-state index contributed by atoms with van der Waals surface area (Å²) >= 11 is 1.47. The number of thiophene rings is 1. The van der Waals surface area contributed by atoms with Crippen molar-refractivity contribution in [1.82, 2.24) is 9.97 Å². The lowest BCUT2D eigenvalue weighted by atomic mass is 10.3. The zero-order chi connectivity index (χ0) is 8.72. The largest absolute Gasteiger partial charge is 0.369 e. The molecular weight excluding hydrogens is 174 g/mol. The summed E-state index contributed by atoms with van der Waals surface area (Å²) in [6.07, 6.45) is 0. The monoisotopic (exact) mass is 181 g/mol. The van der Waals surface area contributed by atoms with E-state index in [1.165, 1.54) is 11.3 Å². The highest BCUT2D eigenvalue weighted by Gasteiger charge is 2.05. The van der Waals surface area contributed by atoms with Gasteiger partial charge in [-0.3, -0.25) is 4.79 Å². The van der Waals surface area contributed by atoms with Gasteiger partial charge in [-0.05, 0) is 17.9 Å². The van der Waals surface area contributed by atoms with E-state index >= 15 is 0 Å². The number of nitrogens with zero attached hydrogens (tertiary/aromatic N) is 1. The van der Waals surface area contributed by atoms with Crippen LogP contribution in [0.4, 0.5) is 5.95 Å². The number of nitrogens with two attached hydrogens (primary N) is 1. The van der Waals surface area contributed by atoms with Crippen molar-refractivity contribution < 1.29 is 0 Å². The summed E-state index contributed by atoms with van der Waals surface area (Å²) in [6.45, 7) is 1.88. The zero-order valence-electron chi connectivity index (χ0n) is 6.42. The summed E-state index contributed by atoms with van der Waals surface area (Å²) in [4.78, 5) is 18.5. The fourth-order valence-corrected chi connectivity index (χ4v) is 2.05. The van der Waals surface area contributed by atoms with Crippen LogP contribution in [0.3, 0.4) is 0 Å². The number of fused-ring (bicyclic) bond motifs is 1. The zero-order valence-corrected chi connectivity index (χ0v) is 7.23. The Morgan fingerprint density at radius 1 is 1.67 bits per heavy atom. The van der Waals surface area contributed by atoms with E-state index in [-0.39, 0.29) is 11.5 Å². The molecule has 0 aliphatic heterocycles. The normalized spacial score (nSPS) is 10.8. The van der Waals surface area contributed by atoms with Crippen molar-refractivity contribution in [2.24, 2.45) is 0 Å². The molecule has 2 aromatic rings. The molecule has 62 valence electrons. The van der Waals surface area contributed by atoms with Crippen molar-refractivity contribution in [3.63, 3.8) is 0 Å². The molecule has 2 heterocycles. The second kappa shape index (κ2) is 2.31. The topological polar surface area (TPSA) is 71.8 Å². The Labute approximate surface area is 72.1 Å². The third-order valence-corrected chi connectivity index (χ3v) is 2.67. The van der Waals surface area contributed by atoms with Gasteiger partial charge in [0.25, 0.3) is 5.56 Å². The van der Waals surface area contributed by atoms with Gasteiger partial charge in [-0.1, -0.05) is 0 Å². The molecule has 0 saturated heterocycles. The third kappa shape index (κ3) is 0.902. The number of nitrogen functional groups attached to an aromatic ring is 1. The minimum Gasteiger partial charge on any atom is -0.369 e. The van der Waals surface area contributed by atoms with Crippen molar-refractivity contribution in [1.29, 1.82) is 0 Å². The van der Waals surface area contributed by atoms with Crippen molar-refractivity contribution in [2.45, 2.75) is 6.92 Å². The molecule has 2 rings (SSSR count). The van der Waals surface area contributed by atoms with E-state index in [1.54, 1.807) is 0 Å². The summed E-state index contributed by atoms with van der Waals surface area (Å²) in [5, 5.41) is 2.55. The SMILES string of the molecule is Cc1csc2[nH]c(N)nc(=O)c12. The van der Waals surface area contributed by atoms with Gasteiger partial charge in [-0.25, -0.2) is 0 Å². The highest BCUT2D eigenvalue weighted by Crippen LogP contribution is 2.19. The maximum absolute atomic E-state index is 11.3. The average Bonchev–Trinajstić information content (AvgIpc) is 2.31. The molecule has 0 saturated carbocycles. The molecule has 3 N–H and O–H groups in total. The summed E-state index contributed by atoms with van der Waals surface area (Å²) in [7, 11) is 0. The van der Waals surface area contributed by atoms with Crippen LogP contribution in [0.5, 0.6) is 0 Å². The summed E-state index contributed by atoms with van der Waals surface area (Å²) in [6, 6.07) is 0. The molecule has 0 bridgehead atoms. The summed E-state index contributed by atoms with van der Waals surface area (Å²) < 4.78 is 0. The van der Waals surface area contributed by atoms with Gasteiger partial charge in [-0.15, -0.1) is 11.3 Å². The first-order chi connectivity index (χ1) is 5.68. The Morgan fingerprint density at radius 3 is 3.17 bits per heavy atom. The van der Waals surface area contributed by atoms with Gasteiger partial charge in [-0.2, -0.15) is 4.98 Å². The molecule has 4 nitrogen and oxygen atoms in total. The van der Waals surface area contributed by atoms with E-state index in [0.29, 0.717) is 5.39 Å². The number of aryl methyl sites for hydroxylation is 1. The van der Waals surface area contributed by atoms with Crippen LogP contribution in [0.2, 0.25) is 0 Å². The Bertz CT molecular complexity index is 485. The Morgan fingerprint density at radius 2 is 2.42 bits per heavy atom. The third-order valence-electron chi connectivity index (χ3n) is 1.65. The lowest BCUT2D eigenvalue weighted by Crippen LogP contribution is -2.10. The number of H-pyrrole nitrogens is 1. The molecule has 0 aliphatic carbocycles. The van der Waals surface area contributed by atoms with Crippen molar-refractivity contribution in [3.8, 4) is 0 Å². The van der Waals surface area contributed by atoms with Gasteiger partial charge >= 0.3 is 0 Å². The molecule has 0 spiro atoms. The van der Waals surface area contributed by atoms with E-state index in [9.17, 15) is 4.79 Å². The van der Waals surface area contributed by atoms with Gasteiger partial charge in [0.2, 0.25) is 5.95 Å². The lowest BCUT2D eigenvalue weighted by molar-refractivity contribution is 1.19. The second-order valence-corrected chi connectivity index (χ2v) is 3.43. The van der Waals surface area contributed by atoms with Gasteiger partial charge in [0, 0.05) is 0 Å². The van der Waals surface area contributed by atoms with Crippen LogP contribution in [-0.2, 0) is 0 Å². The number of hydrogen-bond acceptors (Lipinski definition) is 4. The number of nitrogens with one attached hydrogen (secondary N) is 1. The molecule has 5 heteroatoms. The Hall–Kier alpha value is -1.36. The average molecular weight is 181 g/mol. The van der Waals surface area contributed by atoms with Gasteiger partial charge < -0.3 is 10.7 Å². The maximum Gasteiger partial charge on any atom is 0.283 e. The molecule has 0 aromatic carbocycles. The smallest absolute Gasteiger partial charge is 0.283 e. The fraction of sp³-hybridized carbons (Fsp3) is 0.143. The fourth-order valence-electron chi connectivity index (χ4n) is 1.11. The van der Waals surface area contributed by atoms with Crippen LogP contribution in [-0.4, -0.2) is 9.97 Å². The van der Waals surface area contributed by atoms with Crippen molar-refractivity contribution in [3.05, 3.63) is 21.3 Å². The van der Waals surface area contributed by atoms with Crippen molar-refractivity contribution in [2.75, 3.05) is 5.73 Å². The molecule has 0 amide bonds. The van der Waals surface area contributed by atoms with Crippen LogP contribution in [0.15, 0.2) is 10.2 Å². The number of hydrogen-bond donors (Lipinski definition) is 2. The molecule has 0 radical (unpaired) electrons. The van der Waals surface area contributed by atoms with Crippen LogP contribution < -0.4 is 11.3 Å². The van der Waals surface area contributed by atoms with E-state index in [0.717, 1.165) is 10.4 Å². The van der Waals surface area contributed by atoms with Gasteiger partial charge in [0.15, 0.2) is 0 Å². The van der Waals surface area contributed by atoms with Crippen LogP contribution >= 0.6 is 11.3 Å². The predicted octanol–water partition coefficient (Wildman–Crippen LogP) is 0.875. The molecule has 0 fully saturated rings. The Kier molecular flexibility index (Phi) is 1.41. The van der Waals surface area contributed by atoms with E-state index in [1.807, 2.05) is 12.3 Å². The molecule has 0 atom stereocenters. The minimum absolute atomic E-state index is 0.175. The van der Waals surface area contributed by atoms with E-state index < -0.39 is 0 Å². The van der Waals surface area contributed by atoms with Crippen molar-refractivity contribution >= 4 is 27.5 Å². The van der Waals surface area contributed by atoms with Crippen LogP contribution in [0.1, 0.15) is 5.56 Å². The molecule has 0 aliphatic rings.